The molecule has 1 aromatic heterocycles. The Morgan fingerprint density at radius 1 is 1.07 bits per heavy atom. The lowest BCUT2D eigenvalue weighted by atomic mass is 10.1. The first kappa shape index (κ1) is 20.9. The Hall–Kier alpha value is -2.80. The monoisotopic (exact) mass is 398 g/mol. The Balaban J connectivity index is 1.55. The summed E-state index contributed by atoms with van der Waals surface area (Å²) in [6.45, 7) is 7.31. The molecule has 2 heterocycles. The number of methoxy groups -OCH3 is 2. The van der Waals surface area contributed by atoms with E-state index in [9.17, 15) is 4.79 Å². The number of anilines is 1. The predicted molar refractivity (Wildman–Crippen MR) is 114 cm³/mol. The summed E-state index contributed by atoms with van der Waals surface area (Å²) >= 11 is 0. The molecule has 1 aliphatic heterocycles. The maximum Gasteiger partial charge on any atom is 0.254 e. The van der Waals surface area contributed by atoms with Gasteiger partial charge in [-0.15, -0.1) is 0 Å². The Kier molecular flexibility index (Phi) is 7.30. The van der Waals surface area contributed by atoms with E-state index in [2.05, 4.69) is 22.1 Å². The summed E-state index contributed by atoms with van der Waals surface area (Å²) in [4.78, 5) is 21.4. The van der Waals surface area contributed by atoms with Crippen LogP contribution in [0.2, 0.25) is 0 Å². The number of carbonyl (C=O) groups is 1. The summed E-state index contributed by atoms with van der Waals surface area (Å²) in [6, 6.07) is 9.53. The molecule has 2 aromatic rings. The third-order valence-corrected chi connectivity index (χ3v) is 5.28. The van der Waals surface area contributed by atoms with Gasteiger partial charge in [-0.3, -0.25) is 4.79 Å². The molecule has 1 aliphatic rings. The summed E-state index contributed by atoms with van der Waals surface area (Å²) < 4.78 is 10.6. The Labute approximate surface area is 172 Å². The molecule has 0 atom stereocenters. The zero-order valence-corrected chi connectivity index (χ0v) is 17.5. The smallest absolute Gasteiger partial charge is 0.254 e. The number of amides is 1. The first-order valence-corrected chi connectivity index (χ1v) is 10.1. The van der Waals surface area contributed by atoms with Crippen molar-refractivity contribution in [3.63, 3.8) is 0 Å². The summed E-state index contributed by atoms with van der Waals surface area (Å²) in [7, 11) is 3.26. The van der Waals surface area contributed by atoms with E-state index < -0.39 is 0 Å². The molecule has 1 saturated heterocycles. The van der Waals surface area contributed by atoms with E-state index in [4.69, 9.17) is 9.47 Å². The molecule has 0 saturated carbocycles. The highest BCUT2D eigenvalue weighted by atomic mass is 16.5. The quantitative estimate of drug-likeness (QED) is 0.737. The molecule has 0 spiro atoms. The van der Waals surface area contributed by atoms with Gasteiger partial charge in [-0.05, 0) is 42.8 Å². The van der Waals surface area contributed by atoms with E-state index in [1.165, 1.54) is 0 Å². The molecule has 29 heavy (non-hydrogen) atoms. The van der Waals surface area contributed by atoms with Gasteiger partial charge >= 0.3 is 0 Å². The molecule has 0 aliphatic carbocycles. The topological polar surface area (TPSA) is 66.9 Å². The van der Waals surface area contributed by atoms with Crippen LogP contribution in [0.5, 0.6) is 11.5 Å². The van der Waals surface area contributed by atoms with Gasteiger partial charge in [0.25, 0.3) is 5.91 Å². The predicted octanol–water partition coefficient (Wildman–Crippen LogP) is 2.53. The molecule has 0 unspecified atom stereocenters. The first-order chi connectivity index (χ1) is 14.1. The van der Waals surface area contributed by atoms with Crippen LogP contribution in [0.4, 0.5) is 5.82 Å². The number of carbonyl (C=O) groups excluding carboxylic acids is 1. The number of ether oxygens (including phenoxy) is 2. The second-order valence-corrected chi connectivity index (χ2v) is 7.02. The Morgan fingerprint density at radius 3 is 2.52 bits per heavy atom. The second-order valence-electron chi connectivity index (χ2n) is 7.02. The second kappa shape index (κ2) is 10.1. The number of hydrogen-bond donors (Lipinski definition) is 1. The highest BCUT2D eigenvalue weighted by Gasteiger charge is 2.21. The normalized spacial score (nSPS) is 14.5. The van der Waals surface area contributed by atoms with Crippen LogP contribution in [0.3, 0.4) is 0 Å². The van der Waals surface area contributed by atoms with Gasteiger partial charge in [0.1, 0.15) is 5.82 Å². The lowest BCUT2D eigenvalue weighted by molar-refractivity contribution is 0.0643. The van der Waals surface area contributed by atoms with Gasteiger partial charge in [-0.1, -0.05) is 13.0 Å². The number of benzene rings is 1. The zero-order chi connectivity index (χ0) is 20.6. The highest BCUT2D eigenvalue weighted by Crippen LogP contribution is 2.27. The number of pyridine rings is 1. The van der Waals surface area contributed by atoms with Gasteiger partial charge < -0.3 is 24.6 Å². The van der Waals surface area contributed by atoms with Crippen LogP contribution in [0.25, 0.3) is 0 Å². The van der Waals surface area contributed by atoms with Gasteiger partial charge in [0.15, 0.2) is 11.5 Å². The van der Waals surface area contributed by atoms with Gasteiger partial charge in [0, 0.05) is 44.5 Å². The van der Waals surface area contributed by atoms with E-state index in [0.717, 1.165) is 56.2 Å². The third kappa shape index (κ3) is 5.38. The average molecular weight is 399 g/mol. The van der Waals surface area contributed by atoms with E-state index in [1.54, 1.807) is 26.5 Å². The van der Waals surface area contributed by atoms with Gasteiger partial charge in [-0.25, -0.2) is 4.98 Å². The fourth-order valence-corrected chi connectivity index (χ4v) is 3.48. The van der Waals surface area contributed by atoms with Crippen molar-refractivity contribution in [2.24, 2.45) is 0 Å². The molecule has 156 valence electrons. The maximum atomic E-state index is 12.8. The molecule has 7 heteroatoms. The summed E-state index contributed by atoms with van der Waals surface area (Å²) in [5.74, 6) is 2.23. The number of aromatic nitrogens is 1. The largest absolute Gasteiger partial charge is 0.493 e. The van der Waals surface area contributed by atoms with Gasteiger partial charge in [0.2, 0.25) is 0 Å². The number of piperazine rings is 1. The van der Waals surface area contributed by atoms with Crippen molar-refractivity contribution in [1.29, 1.82) is 0 Å². The molecule has 0 radical (unpaired) electrons. The number of likely N-dealkylation sites (N-methyl/N-ethyl adjacent to an activating group) is 1. The lowest BCUT2D eigenvalue weighted by Gasteiger charge is -2.34. The van der Waals surface area contributed by atoms with E-state index in [-0.39, 0.29) is 5.91 Å². The van der Waals surface area contributed by atoms with Crippen molar-refractivity contribution >= 4 is 11.7 Å². The molecule has 1 amide bonds. The van der Waals surface area contributed by atoms with Crippen LogP contribution in [0.1, 0.15) is 22.8 Å². The van der Waals surface area contributed by atoms with E-state index in [1.807, 2.05) is 29.2 Å². The molecule has 1 N–H and O–H groups in total. The van der Waals surface area contributed by atoms with Crippen molar-refractivity contribution in [3.8, 4) is 11.5 Å². The highest BCUT2D eigenvalue weighted by molar-refractivity contribution is 5.94. The SMILES string of the molecule is CCN1CCN(C(=O)c2ccnc(NCCc3ccc(OC)c(OC)c3)c2)CC1. The van der Waals surface area contributed by atoms with Crippen LogP contribution in [-0.4, -0.2) is 74.2 Å². The van der Waals surface area contributed by atoms with Crippen LogP contribution in [0, 0.1) is 0 Å². The molecule has 3 rings (SSSR count). The van der Waals surface area contributed by atoms with Gasteiger partial charge in [0.05, 0.1) is 14.2 Å². The van der Waals surface area contributed by atoms with Crippen LogP contribution in [-0.2, 0) is 6.42 Å². The minimum atomic E-state index is 0.0751. The van der Waals surface area contributed by atoms with Crippen molar-refractivity contribution in [2.75, 3.05) is 58.8 Å². The molecule has 0 bridgehead atoms. The third-order valence-electron chi connectivity index (χ3n) is 5.28. The summed E-state index contributed by atoms with van der Waals surface area (Å²) in [5, 5.41) is 3.31. The van der Waals surface area contributed by atoms with Crippen molar-refractivity contribution in [3.05, 3.63) is 47.7 Å². The van der Waals surface area contributed by atoms with Gasteiger partial charge in [-0.2, -0.15) is 0 Å². The maximum absolute atomic E-state index is 12.8. The van der Waals surface area contributed by atoms with Crippen molar-refractivity contribution in [2.45, 2.75) is 13.3 Å². The van der Waals surface area contributed by atoms with E-state index in [0.29, 0.717) is 17.9 Å². The van der Waals surface area contributed by atoms with Crippen LogP contribution >= 0.6 is 0 Å². The minimum Gasteiger partial charge on any atom is -0.493 e. The molecule has 1 fully saturated rings. The Bertz CT molecular complexity index is 819. The number of rotatable bonds is 8. The number of nitrogens with one attached hydrogen (secondary N) is 1. The number of nitrogens with zero attached hydrogens (tertiary/aromatic N) is 3. The first-order valence-electron chi connectivity index (χ1n) is 10.1. The molecular weight excluding hydrogens is 368 g/mol. The van der Waals surface area contributed by atoms with Crippen molar-refractivity contribution in [1.82, 2.24) is 14.8 Å². The fourth-order valence-electron chi connectivity index (χ4n) is 3.48. The molecule has 1 aromatic carbocycles. The minimum absolute atomic E-state index is 0.0751. The average Bonchev–Trinajstić information content (AvgIpc) is 2.78. The fraction of sp³-hybridized carbons (Fsp3) is 0.455. The van der Waals surface area contributed by atoms with E-state index >= 15 is 0 Å². The Morgan fingerprint density at radius 2 is 1.83 bits per heavy atom. The lowest BCUT2D eigenvalue weighted by Crippen LogP contribution is -2.48. The van der Waals surface area contributed by atoms with Crippen molar-refractivity contribution < 1.29 is 14.3 Å². The summed E-state index contributed by atoms with van der Waals surface area (Å²) in [6.07, 6.45) is 2.49. The summed E-state index contributed by atoms with van der Waals surface area (Å²) in [5.41, 5.74) is 1.81. The number of hydrogen-bond acceptors (Lipinski definition) is 6. The van der Waals surface area contributed by atoms with Crippen LogP contribution < -0.4 is 14.8 Å². The zero-order valence-electron chi connectivity index (χ0n) is 17.5. The molecular formula is C22H30N4O3. The van der Waals surface area contributed by atoms with Crippen LogP contribution in [0.15, 0.2) is 36.5 Å². The standard InChI is InChI=1S/C22H30N4O3/c1-4-25-11-13-26(14-12-25)22(27)18-8-10-24-21(16-18)23-9-7-17-5-6-19(28-2)20(15-17)29-3/h5-6,8,10,15-16H,4,7,9,11-14H2,1-3H3,(H,23,24). The molecule has 7 nitrogen and oxygen atoms in total.